The van der Waals surface area contributed by atoms with Crippen LogP contribution in [-0.4, -0.2) is 47.2 Å². The van der Waals surface area contributed by atoms with Crippen LogP contribution in [0.15, 0.2) is 48.5 Å². The van der Waals surface area contributed by atoms with Crippen LogP contribution < -0.4 is 10.2 Å². The van der Waals surface area contributed by atoms with Crippen molar-refractivity contribution in [1.82, 2.24) is 15.0 Å². The molecule has 7 nitrogen and oxygen atoms in total. The Kier molecular flexibility index (Phi) is 5.59. The molecule has 0 atom stereocenters. The molecule has 1 N–H and O–H groups in total. The zero-order valence-corrected chi connectivity index (χ0v) is 16.1. The van der Waals surface area contributed by atoms with Crippen LogP contribution in [-0.2, 0) is 10.9 Å². The summed E-state index contributed by atoms with van der Waals surface area (Å²) in [6.45, 7) is 2.46. The second-order valence-corrected chi connectivity index (χ2v) is 6.78. The van der Waals surface area contributed by atoms with Gasteiger partial charge in [-0.2, -0.15) is 13.2 Å². The fourth-order valence-corrected chi connectivity index (χ4v) is 3.27. The Morgan fingerprint density at radius 3 is 2.45 bits per heavy atom. The summed E-state index contributed by atoms with van der Waals surface area (Å²) in [6, 6.07) is 11.2. The van der Waals surface area contributed by atoms with Gasteiger partial charge in [0.05, 0.1) is 18.9 Å². The van der Waals surface area contributed by atoms with E-state index < -0.39 is 29.3 Å². The first-order chi connectivity index (χ1) is 14.8. The molecule has 11 heteroatoms. The number of aromatic nitrogens is 3. The van der Waals surface area contributed by atoms with Crippen LogP contribution in [0.3, 0.4) is 0 Å². The van der Waals surface area contributed by atoms with E-state index >= 15 is 0 Å². The monoisotopic (exact) mass is 435 g/mol. The summed E-state index contributed by atoms with van der Waals surface area (Å²) in [5.41, 5.74) is -1.38. The molecule has 2 heterocycles. The van der Waals surface area contributed by atoms with E-state index in [0.717, 1.165) is 17.8 Å². The van der Waals surface area contributed by atoms with Crippen molar-refractivity contribution in [3.63, 3.8) is 0 Å². The number of benzene rings is 2. The van der Waals surface area contributed by atoms with Crippen molar-refractivity contribution < 1.29 is 27.1 Å². The van der Waals surface area contributed by atoms with Gasteiger partial charge in [-0.15, -0.1) is 5.10 Å². The minimum absolute atomic E-state index is 0.201. The van der Waals surface area contributed by atoms with Crippen LogP contribution in [0, 0.1) is 5.82 Å². The lowest BCUT2D eigenvalue weighted by Gasteiger charge is -2.29. The van der Waals surface area contributed by atoms with E-state index in [1.54, 1.807) is 18.2 Å². The molecule has 1 fully saturated rings. The summed E-state index contributed by atoms with van der Waals surface area (Å²) in [7, 11) is 0. The topological polar surface area (TPSA) is 72.3 Å². The third-order valence-electron chi connectivity index (χ3n) is 4.69. The zero-order valence-electron chi connectivity index (χ0n) is 16.1. The second-order valence-electron chi connectivity index (χ2n) is 6.78. The lowest BCUT2D eigenvalue weighted by Crippen LogP contribution is -2.36. The standard InChI is InChI=1S/C20H17F4N5O2/c21-13-3-1-6-16(11-13)29-18(20(22,23)24)17(26-27-29)19(30)25-14-4-2-5-15(12-14)28-7-9-31-10-8-28/h1-6,11-12H,7-10H2,(H,25,30). The summed E-state index contributed by atoms with van der Waals surface area (Å²) < 4.78 is 60.4. The number of nitrogens with zero attached hydrogens (tertiary/aromatic N) is 4. The van der Waals surface area contributed by atoms with Crippen LogP contribution in [0.25, 0.3) is 5.69 Å². The van der Waals surface area contributed by atoms with Gasteiger partial charge in [-0.05, 0) is 36.4 Å². The van der Waals surface area contributed by atoms with Crippen molar-refractivity contribution in [2.75, 3.05) is 36.5 Å². The number of halogens is 4. The maximum Gasteiger partial charge on any atom is 0.435 e. The Hall–Kier alpha value is -3.47. The first-order valence-electron chi connectivity index (χ1n) is 9.36. The molecule has 2 aromatic carbocycles. The highest BCUT2D eigenvalue weighted by Crippen LogP contribution is 2.33. The van der Waals surface area contributed by atoms with E-state index in [9.17, 15) is 22.4 Å². The smallest absolute Gasteiger partial charge is 0.378 e. The minimum Gasteiger partial charge on any atom is -0.378 e. The van der Waals surface area contributed by atoms with Crippen molar-refractivity contribution in [3.8, 4) is 5.69 Å². The van der Waals surface area contributed by atoms with Gasteiger partial charge in [-0.1, -0.05) is 17.3 Å². The summed E-state index contributed by atoms with van der Waals surface area (Å²) in [5.74, 6) is -1.82. The van der Waals surface area contributed by atoms with Crippen molar-refractivity contribution in [2.24, 2.45) is 0 Å². The molecular formula is C20H17F4N5O2. The van der Waals surface area contributed by atoms with Gasteiger partial charge >= 0.3 is 6.18 Å². The number of carbonyl (C=O) groups is 1. The van der Waals surface area contributed by atoms with Crippen molar-refractivity contribution in [1.29, 1.82) is 0 Å². The molecule has 4 rings (SSSR count). The van der Waals surface area contributed by atoms with Crippen LogP contribution in [0.5, 0.6) is 0 Å². The fourth-order valence-electron chi connectivity index (χ4n) is 3.27. The summed E-state index contributed by atoms with van der Waals surface area (Å²) in [4.78, 5) is 14.7. The Labute approximate surface area is 174 Å². The van der Waals surface area contributed by atoms with Gasteiger partial charge in [0.2, 0.25) is 0 Å². The fraction of sp³-hybridized carbons (Fsp3) is 0.250. The van der Waals surface area contributed by atoms with Gasteiger partial charge in [-0.3, -0.25) is 4.79 Å². The van der Waals surface area contributed by atoms with Gasteiger partial charge < -0.3 is 15.0 Å². The Balaban J connectivity index is 1.63. The third-order valence-corrected chi connectivity index (χ3v) is 4.69. The van der Waals surface area contributed by atoms with Crippen LogP contribution in [0.4, 0.5) is 28.9 Å². The Morgan fingerprint density at radius 2 is 1.74 bits per heavy atom. The summed E-state index contributed by atoms with van der Waals surface area (Å²) >= 11 is 0. The molecule has 0 saturated carbocycles. The number of anilines is 2. The highest BCUT2D eigenvalue weighted by Gasteiger charge is 2.42. The van der Waals surface area contributed by atoms with Crippen molar-refractivity contribution in [2.45, 2.75) is 6.18 Å². The number of ether oxygens (including phenoxy) is 1. The molecule has 0 aliphatic carbocycles. The predicted octanol–water partition coefficient (Wildman–Crippen LogP) is 3.51. The lowest BCUT2D eigenvalue weighted by atomic mass is 10.2. The van der Waals surface area contributed by atoms with Crippen LogP contribution in [0.2, 0.25) is 0 Å². The average Bonchev–Trinajstić information content (AvgIpc) is 3.21. The van der Waals surface area contributed by atoms with Gasteiger partial charge in [-0.25, -0.2) is 9.07 Å². The summed E-state index contributed by atoms with van der Waals surface area (Å²) in [5, 5.41) is 9.31. The Morgan fingerprint density at radius 1 is 1.03 bits per heavy atom. The lowest BCUT2D eigenvalue weighted by molar-refractivity contribution is -0.143. The van der Waals surface area contributed by atoms with Gasteiger partial charge in [0.1, 0.15) is 5.82 Å². The predicted molar refractivity (Wildman–Crippen MR) is 104 cm³/mol. The van der Waals surface area contributed by atoms with Crippen molar-refractivity contribution >= 4 is 17.3 Å². The molecule has 0 radical (unpaired) electrons. The molecule has 1 saturated heterocycles. The molecular weight excluding hydrogens is 418 g/mol. The number of alkyl halides is 3. The molecule has 0 bridgehead atoms. The molecule has 1 aliphatic rings. The molecule has 1 aromatic heterocycles. The molecule has 1 aliphatic heterocycles. The summed E-state index contributed by atoms with van der Waals surface area (Å²) in [6.07, 6.45) is -4.95. The molecule has 162 valence electrons. The number of nitrogens with one attached hydrogen (secondary N) is 1. The van der Waals surface area contributed by atoms with Crippen LogP contribution >= 0.6 is 0 Å². The highest BCUT2D eigenvalue weighted by molar-refractivity contribution is 6.04. The number of carbonyl (C=O) groups excluding carboxylic acids is 1. The number of morpholine rings is 1. The SMILES string of the molecule is O=C(Nc1cccc(N2CCOCC2)c1)c1nnn(-c2cccc(F)c2)c1C(F)(F)F. The van der Waals surface area contributed by atoms with E-state index in [4.69, 9.17) is 4.74 Å². The number of hydrogen-bond donors (Lipinski definition) is 1. The van der Waals surface area contributed by atoms with Gasteiger partial charge in [0.15, 0.2) is 11.4 Å². The van der Waals surface area contributed by atoms with E-state index in [2.05, 4.69) is 15.6 Å². The van der Waals surface area contributed by atoms with E-state index in [0.29, 0.717) is 36.7 Å². The van der Waals surface area contributed by atoms with Gasteiger partial charge in [0, 0.05) is 24.5 Å². The highest BCUT2D eigenvalue weighted by atomic mass is 19.4. The molecule has 1 amide bonds. The first-order valence-corrected chi connectivity index (χ1v) is 9.36. The Bertz CT molecular complexity index is 1090. The number of amides is 1. The maximum absolute atomic E-state index is 13.7. The quantitative estimate of drug-likeness (QED) is 0.635. The third kappa shape index (κ3) is 4.50. The first kappa shape index (κ1) is 20.8. The molecule has 0 unspecified atom stereocenters. The van der Waals surface area contributed by atoms with E-state index in [-0.39, 0.29) is 5.69 Å². The minimum atomic E-state index is -4.95. The molecule has 0 spiro atoms. The molecule has 3 aromatic rings. The maximum atomic E-state index is 13.7. The van der Waals surface area contributed by atoms with Crippen molar-refractivity contribution in [3.05, 3.63) is 65.7 Å². The van der Waals surface area contributed by atoms with Crippen LogP contribution in [0.1, 0.15) is 16.2 Å². The van der Waals surface area contributed by atoms with Gasteiger partial charge in [0.25, 0.3) is 5.91 Å². The normalized spacial score (nSPS) is 14.5. The van der Waals surface area contributed by atoms with E-state index in [1.165, 1.54) is 12.1 Å². The largest absolute Gasteiger partial charge is 0.435 e. The second kappa shape index (κ2) is 8.34. The average molecular weight is 435 g/mol. The number of rotatable bonds is 4. The number of hydrogen-bond acceptors (Lipinski definition) is 5. The zero-order chi connectivity index (χ0) is 22.0. The van der Waals surface area contributed by atoms with E-state index in [1.807, 2.05) is 11.0 Å². The molecule has 31 heavy (non-hydrogen) atoms.